The lowest BCUT2D eigenvalue weighted by Gasteiger charge is -2.18. The van der Waals surface area contributed by atoms with E-state index in [0.717, 1.165) is 54.1 Å². The summed E-state index contributed by atoms with van der Waals surface area (Å²) in [5, 5.41) is 1.78. The first-order valence-electron chi connectivity index (χ1n) is 11.1. The zero-order valence-electron chi connectivity index (χ0n) is 18.0. The van der Waals surface area contributed by atoms with Crippen LogP contribution in [0.25, 0.3) is 10.8 Å². The van der Waals surface area contributed by atoms with Crippen LogP contribution in [0, 0.1) is 0 Å². The van der Waals surface area contributed by atoms with E-state index in [9.17, 15) is 13.2 Å². The van der Waals surface area contributed by atoms with Gasteiger partial charge in [-0.15, -0.1) is 0 Å². The van der Waals surface area contributed by atoms with Gasteiger partial charge >= 0.3 is 0 Å². The molecule has 1 aliphatic rings. The number of carbonyl (C=O) groups is 1. The number of unbranched alkanes of at least 4 members (excludes halogenated alkanes) is 4. The number of benzene rings is 3. The van der Waals surface area contributed by atoms with E-state index in [2.05, 4.69) is 5.48 Å². The number of hydrogen-bond donors (Lipinski definition) is 1. The quantitative estimate of drug-likeness (QED) is 0.330. The summed E-state index contributed by atoms with van der Waals surface area (Å²) in [4.78, 5) is 17.5. The molecule has 0 bridgehead atoms. The SMILES string of the molecule is O=C(CCCCCCCN1c2cccc3cccc(c23)S1(=O)=O)NOCc1ccccc1. The maximum atomic E-state index is 13.0. The minimum atomic E-state index is -3.47. The molecule has 0 aromatic heterocycles. The number of hydroxylamine groups is 1. The van der Waals surface area contributed by atoms with Crippen LogP contribution in [0.4, 0.5) is 5.69 Å². The molecule has 3 aromatic rings. The zero-order chi connectivity index (χ0) is 22.4. The second-order valence-electron chi connectivity index (χ2n) is 8.03. The highest BCUT2D eigenvalue weighted by atomic mass is 32.2. The summed E-state index contributed by atoms with van der Waals surface area (Å²) in [6.45, 7) is 0.827. The lowest BCUT2D eigenvalue weighted by molar-refractivity contribution is -0.134. The lowest BCUT2D eigenvalue weighted by Crippen LogP contribution is -2.28. The van der Waals surface area contributed by atoms with Crippen LogP contribution >= 0.6 is 0 Å². The molecule has 0 unspecified atom stereocenters. The van der Waals surface area contributed by atoms with E-state index in [0.29, 0.717) is 24.5 Å². The second-order valence-corrected chi connectivity index (χ2v) is 9.86. The Morgan fingerprint density at radius 2 is 1.56 bits per heavy atom. The maximum Gasteiger partial charge on any atom is 0.265 e. The van der Waals surface area contributed by atoms with Gasteiger partial charge < -0.3 is 0 Å². The van der Waals surface area contributed by atoms with Crippen LogP contribution in [0.15, 0.2) is 71.6 Å². The maximum absolute atomic E-state index is 13.0. The summed E-state index contributed by atoms with van der Waals surface area (Å²) >= 11 is 0. The summed E-state index contributed by atoms with van der Waals surface area (Å²) in [5.41, 5.74) is 4.27. The smallest absolute Gasteiger partial charge is 0.265 e. The van der Waals surface area contributed by atoms with Crippen molar-refractivity contribution in [1.29, 1.82) is 0 Å². The van der Waals surface area contributed by atoms with Crippen LogP contribution in [0.1, 0.15) is 44.1 Å². The fourth-order valence-electron chi connectivity index (χ4n) is 4.10. The molecular formula is C25H28N2O4S. The van der Waals surface area contributed by atoms with Crippen LogP contribution in [-0.2, 0) is 26.3 Å². The standard InChI is InChI=1S/C25H28N2O4S/c28-24(26-31-19-20-11-5-4-6-12-20)17-7-2-1-3-8-18-27-22-15-9-13-21-14-10-16-23(25(21)22)32(27,29)30/h4-6,9-16H,1-3,7-8,17-19H2,(H,26,28). The van der Waals surface area contributed by atoms with E-state index in [1.54, 1.807) is 16.4 Å². The third-order valence-electron chi connectivity index (χ3n) is 5.71. The van der Waals surface area contributed by atoms with Crippen molar-refractivity contribution in [1.82, 2.24) is 5.48 Å². The monoisotopic (exact) mass is 452 g/mol. The van der Waals surface area contributed by atoms with Crippen molar-refractivity contribution in [3.8, 4) is 0 Å². The Morgan fingerprint density at radius 3 is 2.38 bits per heavy atom. The number of amides is 1. The Balaban J connectivity index is 1.14. The fraction of sp³-hybridized carbons (Fsp3) is 0.320. The third-order valence-corrected chi connectivity index (χ3v) is 7.57. The average Bonchev–Trinajstić information content (AvgIpc) is 3.02. The minimum absolute atomic E-state index is 0.116. The fourth-order valence-corrected chi connectivity index (χ4v) is 5.84. The number of nitrogens with one attached hydrogen (secondary N) is 1. The molecule has 0 radical (unpaired) electrons. The van der Waals surface area contributed by atoms with Gasteiger partial charge in [-0.05, 0) is 35.9 Å². The van der Waals surface area contributed by atoms with E-state index >= 15 is 0 Å². The van der Waals surface area contributed by atoms with Gasteiger partial charge in [0, 0.05) is 18.4 Å². The molecule has 1 N–H and O–H groups in total. The van der Waals surface area contributed by atoms with Crippen LogP contribution in [0.5, 0.6) is 0 Å². The van der Waals surface area contributed by atoms with E-state index in [4.69, 9.17) is 4.84 Å². The minimum Gasteiger partial charge on any atom is -0.273 e. The summed E-state index contributed by atoms with van der Waals surface area (Å²) < 4.78 is 27.4. The molecule has 0 aliphatic carbocycles. The first kappa shape index (κ1) is 22.3. The number of hydrogen-bond acceptors (Lipinski definition) is 4. The second kappa shape index (κ2) is 10.1. The van der Waals surface area contributed by atoms with Crippen LogP contribution < -0.4 is 9.79 Å². The highest BCUT2D eigenvalue weighted by molar-refractivity contribution is 7.93. The molecule has 1 heterocycles. The zero-order valence-corrected chi connectivity index (χ0v) is 18.8. The van der Waals surface area contributed by atoms with Crippen molar-refractivity contribution in [2.24, 2.45) is 0 Å². The number of sulfonamides is 1. The van der Waals surface area contributed by atoms with Gasteiger partial charge in [-0.1, -0.05) is 73.9 Å². The molecule has 0 fully saturated rings. The summed E-state index contributed by atoms with van der Waals surface area (Å²) in [6.07, 6.45) is 4.80. The third kappa shape index (κ3) is 4.95. The molecule has 6 nitrogen and oxygen atoms in total. The number of carbonyl (C=O) groups excluding carboxylic acids is 1. The Bertz CT molecular complexity index is 1170. The summed E-state index contributed by atoms with van der Waals surface area (Å²) in [5.74, 6) is -0.116. The topological polar surface area (TPSA) is 75.7 Å². The normalized spacial score (nSPS) is 14.1. The molecule has 32 heavy (non-hydrogen) atoms. The van der Waals surface area contributed by atoms with Gasteiger partial charge in [0.25, 0.3) is 10.0 Å². The van der Waals surface area contributed by atoms with Gasteiger partial charge in [-0.2, -0.15) is 0 Å². The Kier molecular flexibility index (Phi) is 7.07. The first-order chi connectivity index (χ1) is 15.6. The first-order valence-corrected chi connectivity index (χ1v) is 12.5. The van der Waals surface area contributed by atoms with E-state index < -0.39 is 10.0 Å². The molecule has 0 saturated carbocycles. The Labute approximate surface area is 189 Å². The van der Waals surface area contributed by atoms with E-state index in [-0.39, 0.29) is 5.91 Å². The Morgan fingerprint density at radius 1 is 0.844 bits per heavy atom. The molecule has 3 aromatic carbocycles. The predicted molar refractivity (Wildman–Crippen MR) is 126 cm³/mol. The van der Waals surface area contributed by atoms with Crippen molar-refractivity contribution < 1.29 is 18.0 Å². The molecule has 168 valence electrons. The van der Waals surface area contributed by atoms with Crippen molar-refractivity contribution >= 4 is 32.4 Å². The van der Waals surface area contributed by atoms with Crippen LogP contribution in [0.3, 0.4) is 0 Å². The number of nitrogens with zero attached hydrogens (tertiary/aromatic N) is 1. The molecule has 1 amide bonds. The van der Waals surface area contributed by atoms with Crippen LogP contribution in [0.2, 0.25) is 0 Å². The summed E-state index contributed by atoms with van der Waals surface area (Å²) in [6, 6.07) is 20.9. The van der Waals surface area contributed by atoms with E-state index in [1.165, 1.54) is 0 Å². The largest absolute Gasteiger partial charge is 0.273 e. The van der Waals surface area contributed by atoms with Gasteiger partial charge in [-0.3, -0.25) is 13.9 Å². The molecule has 0 atom stereocenters. The van der Waals surface area contributed by atoms with Gasteiger partial charge in [0.2, 0.25) is 5.91 Å². The summed E-state index contributed by atoms with van der Waals surface area (Å²) in [7, 11) is -3.47. The molecule has 0 spiro atoms. The van der Waals surface area contributed by atoms with Crippen LogP contribution in [-0.4, -0.2) is 20.9 Å². The molecular weight excluding hydrogens is 424 g/mol. The van der Waals surface area contributed by atoms with Gasteiger partial charge in [0.15, 0.2) is 0 Å². The lowest BCUT2D eigenvalue weighted by atomic mass is 10.1. The molecule has 4 rings (SSSR count). The average molecular weight is 453 g/mol. The van der Waals surface area contributed by atoms with Gasteiger partial charge in [-0.25, -0.2) is 13.9 Å². The van der Waals surface area contributed by atoms with Crippen molar-refractivity contribution in [3.63, 3.8) is 0 Å². The van der Waals surface area contributed by atoms with Gasteiger partial charge in [0.1, 0.15) is 0 Å². The van der Waals surface area contributed by atoms with Crippen molar-refractivity contribution in [2.45, 2.75) is 50.0 Å². The number of anilines is 1. The predicted octanol–water partition coefficient (Wildman–Crippen LogP) is 4.94. The van der Waals surface area contributed by atoms with Gasteiger partial charge in [0.05, 0.1) is 17.2 Å². The van der Waals surface area contributed by atoms with E-state index in [1.807, 2.05) is 54.6 Å². The molecule has 7 heteroatoms. The number of rotatable bonds is 11. The Hall–Kier alpha value is -2.90. The highest BCUT2D eigenvalue weighted by Gasteiger charge is 2.34. The highest BCUT2D eigenvalue weighted by Crippen LogP contribution is 2.42. The van der Waals surface area contributed by atoms with Crippen molar-refractivity contribution in [3.05, 3.63) is 72.3 Å². The molecule has 0 saturated heterocycles. The van der Waals surface area contributed by atoms with Crippen molar-refractivity contribution in [2.75, 3.05) is 10.8 Å². The molecule has 1 aliphatic heterocycles.